The third kappa shape index (κ3) is 1.67. The summed E-state index contributed by atoms with van der Waals surface area (Å²) in [5.74, 6) is -2.82. The molecular formula is C18H19F2N3O. The zero-order chi connectivity index (χ0) is 16.5. The molecular weight excluding hydrogens is 312 g/mol. The highest BCUT2D eigenvalue weighted by molar-refractivity contribution is 6.09. The molecule has 0 unspecified atom stereocenters. The fraction of sp³-hybridized carbons (Fsp3) is 0.500. The van der Waals surface area contributed by atoms with Gasteiger partial charge in [-0.2, -0.15) is 0 Å². The number of fused-ring (bicyclic) bond motifs is 3. The molecule has 24 heavy (non-hydrogen) atoms. The number of rotatable bonds is 1. The molecule has 1 spiro atoms. The van der Waals surface area contributed by atoms with Gasteiger partial charge in [-0.15, -0.1) is 0 Å². The first-order chi connectivity index (χ1) is 11.5. The highest BCUT2D eigenvalue weighted by atomic mass is 19.3. The van der Waals surface area contributed by atoms with E-state index in [-0.39, 0.29) is 25.5 Å². The van der Waals surface area contributed by atoms with E-state index in [9.17, 15) is 13.6 Å². The quantitative estimate of drug-likeness (QED) is 0.870. The van der Waals surface area contributed by atoms with Crippen molar-refractivity contribution in [3.05, 3.63) is 35.5 Å². The molecule has 2 fully saturated rings. The lowest BCUT2D eigenvalue weighted by Gasteiger charge is -2.50. The van der Waals surface area contributed by atoms with Crippen LogP contribution in [0.25, 0.3) is 10.9 Å². The van der Waals surface area contributed by atoms with Gasteiger partial charge in [0, 0.05) is 42.8 Å². The van der Waals surface area contributed by atoms with Crippen LogP contribution in [0.15, 0.2) is 24.3 Å². The lowest BCUT2D eigenvalue weighted by molar-refractivity contribution is -0.143. The molecule has 5 rings (SSSR count). The maximum absolute atomic E-state index is 14.1. The Morgan fingerprint density at radius 1 is 1.17 bits per heavy atom. The van der Waals surface area contributed by atoms with Gasteiger partial charge in [0.05, 0.1) is 17.5 Å². The van der Waals surface area contributed by atoms with Crippen LogP contribution in [0.3, 0.4) is 0 Å². The number of nitrogens with one attached hydrogen (secondary N) is 1. The van der Waals surface area contributed by atoms with Gasteiger partial charge >= 0.3 is 0 Å². The van der Waals surface area contributed by atoms with E-state index in [2.05, 4.69) is 9.88 Å². The number of hydrogen-bond donors (Lipinski definition) is 1. The van der Waals surface area contributed by atoms with Gasteiger partial charge in [0.15, 0.2) is 0 Å². The predicted octanol–water partition coefficient (Wildman–Crippen LogP) is 2.27. The van der Waals surface area contributed by atoms with E-state index in [0.29, 0.717) is 6.54 Å². The van der Waals surface area contributed by atoms with Crippen LogP contribution in [0.1, 0.15) is 22.5 Å². The van der Waals surface area contributed by atoms with Crippen LogP contribution in [0, 0.1) is 5.41 Å². The van der Waals surface area contributed by atoms with Crippen molar-refractivity contribution in [3.8, 4) is 0 Å². The Labute approximate surface area is 138 Å². The van der Waals surface area contributed by atoms with Crippen molar-refractivity contribution in [2.75, 3.05) is 26.2 Å². The molecule has 1 aromatic heterocycles. The molecule has 2 saturated heterocycles. The Bertz CT molecular complexity index is 851. The summed E-state index contributed by atoms with van der Waals surface area (Å²) in [7, 11) is 0. The van der Waals surface area contributed by atoms with Crippen LogP contribution < -0.4 is 5.32 Å². The van der Waals surface area contributed by atoms with Crippen molar-refractivity contribution >= 4 is 16.8 Å². The molecule has 1 N–H and O–H groups in total. The number of hydrogen-bond acceptors (Lipinski definition) is 2. The first-order valence-electron chi connectivity index (χ1n) is 8.50. The summed E-state index contributed by atoms with van der Waals surface area (Å²) in [6, 6.07) is 7.91. The first kappa shape index (κ1) is 14.4. The summed E-state index contributed by atoms with van der Waals surface area (Å²) >= 11 is 0. The maximum atomic E-state index is 14.1. The van der Waals surface area contributed by atoms with E-state index >= 15 is 0 Å². The smallest absolute Gasteiger partial charge is 0.270 e. The minimum absolute atomic E-state index is 0.0878. The largest absolute Gasteiger partial charge is 0.344 e. The monoisotopic (exact) mass is 331 g/mol. The zero-order valence-electron chi connectivity index (χ0n) is 13.3. The fourth-order valence-electron chi connectivity index (χ4n) is 4.62. The van der Waals surface area contributed by atoms with E-state index < -0.39 is 11.3 Å². The van der Waals surface area contributed by atoms with Crippen molar-refractivity contribution < 1.29 is 13.6 Å². The third-order valence-electron chi connectivity index (χ3n) is 5.95. The second-order valence-electron chi connectivity index (χ2n) is 7.34. The normalized spacial score (nSPS) is 23.7. The number of alkyl halides is 2. The van der Waals surface area contributed by atoms with Crippen molar-refractivity contribution in [1.29, 1.82) is 0 Å². The van der Waals surface area contributed by atoms with E-state index in [1.165, 1.54) is 0 Å². The molecule has 0 saturated carbocycles. The minimum Gasteiger partial charge on any atom is -0.344 e. The van der Waals surface area contributed by atoms with Crippen molar-refractivity contribution in [1.82, 2.24) is 14.8 Å². The summed E-state index contributed by atoms with van der Waals surface area (Å²) in [6.45, 7) is 1.22. The Morgan fingerprint density at radius 3 is 2.71 bits per heavy atom. The number of aryl methyl sites for hydroxylation is 1. The summed E-state index contributed by atoms with van der Waals surface area (Å²) in [4.78, 5) is 14.7. The molecule has 6 heteroatoms. The number of likely N-dealkylation sites (tertiary alicyclic amines) is 1. The predicted molar refractivity (Wildman–Crippen MR) is 86.4 cm³/mol. The lowest BCUT2D eigenvalue weighted by Crippen LogP contribution is -2.65. The van der Waals surface area contributed by atoms with Crippen LogP contribution in [0.4, 0.5) is 8.78 Å². The van der Waals surface area contributed by atoms with E-state index in [0.717, 1.165) is 41.5 Å². The van der Waals surface area contributed by atoms with Gasteiger partial charge in [0.2, 0.25) is 0 Å². The lowest BCUT2D eigenvalue weighted by atomic mass is 9.76. The van der Waals surface area contributed by atoms with Gasteiger partial charge in [0.25, 0.3) is 11.8 Å². The maximum Gasteiger partial charge on any atom is 0.270 e. The third-order valence-corrected chi connectivity index (χ3v) is 5.95. The van der Waals surface area contributed by atoms with Gasteiger partial charge in [0.1, 0.15) is 0 Å². The molecule has 3 aliphatic heterocycles. The number of benzene rings is 1. The number of nitrogens with zero attached hydrogens (tertiary/aromatic N) is 2. The molecule has 0 radical (unpaired) electrons. The van der Waals surface area contributed by atoms with Gasteiger partial charge in [-0.25, -0.2) is 8.78 Å². The molecule has 4 heterocycles. The highest BCUT2D eigenvalue weighted by Gasteiger charge is 2.64. The SMILES string of the molecule is O=C(c1c2n(c3ccccc13)CCC2)N1CC2(CNCC2(F)F)C1. The summed E-state index contributed by atoms with van der Waals surface area (Å²) < 4.78 is 30.4. The van der Waals surface area contributed by atoms with Crippen LogP contribution >= 0.6 is 0 Å². The summed E-state index contributed by atoms with van der Waals surface area (Å²) in [5, 5.41) is 3.73. The van der Waals surface area contributed by atoms with Gasteiger partial charge in [-0.05, 0) is 18.9 Å². The second kappa shape index (κ2) is 4.57. The van der Waals surface area contributed by atoms with Gasteiger partial charge < -0.3 is 14.8 Å². The number of carbonyl (C=O) groups excluding carboxylic acids is 1. The van der Waals surface area contributed by atoms with Crippen molar-refractivity contribution in [3.63, 3.8) is 0 Å². The summed E-state index contributed by atoms with van der Waals surface area (Å²) in [6.07, 6.45) is 1.92. The zero-order valence-corrected chi connectivity index (χ0v) is 13.3. The average Bonchev–Trinajstić information content (AvgIpc) is 3.16. The number of para-hydroxylation sites is 1. The minimum atomic E-state index is -2.73. The molecule has 0 aliphatic carbocycles. The molecule has 1 amide bonds. The standard InChI is InChI=1S/C18H19F2N3O/c19-18(20)9-21-8-17(18)10-22(11-17)16(24)15-12-4-1-2-5-13(12)23-7-3-6-14(15)23/h1-2,4-5,21H,3,6-11H2. The van der Waals surface area contributed by atoms with Crippen LogP contribution in [0.5, 0.6) is 0 Å². The number of halogens is 2. The fourth-order valence-corrected chi connectivity index (χ4v) is 4.62. The molecule has 3 aliphatic rings. The highest BCUT2D eigenvalue weighted by Crippen LogP contribution is 2.47. The van der Waals surface area contributed by atoms with Crippen molar-refractivity contribution in [2.45, 2.75) is 25.3 Å². The van der Waals surface area contributed by atoms with Crippen molar-refractivity contribution in [2.24, 2.45) is 5.41 Å². The molecule has 2 aromatic rings. The number of aromatic nitrogens is 1. The van der Waals surface area contributed by atoms with E-state index in [4.69, 9.17) is 0 Å². The van der Waals surface area contributed by atoms with E-state index in [1.54, 1.807) is 4.90 Å². The summed E-state index contributed by atoms with van der Waals surface area (Å²) in [5.41, 5.74) is 1.81. The molecule has 126 valence electrons. The molecule has 0 atom stereocenters. The van der Waals surface area contributed by atoms with Crippen LogP contribution in [-0.2, 0) is 13.0 Å². The Morgan fingerprint density at radius 2 is 1.96 bits per heavy atom. The van der Waals surface area contributed by atoms with Crippen LogP contribution in [0.2, 0.25) is 0 Å². The molecule has 4 nitrogen and oxygen atoms in total. The average molecular weight is 331 g/mol. The topological polar surface area (TPSA) is 37.3 Å². The Balaban J connectivity index is 1.50. The van der Waals surface area contributed by atoms with Gasteiger partial charge in [-0.1, -0.05) is 18.2 Å². The molecule has 1 aromatic carbocycles. The van der Waals surface area contributed by atoms with Gasteiger partial charge in [-0.3, -0.25) is 4.79 Å². The number of amides is 1. The van der Waals surface area contributed by atoms with E-state index in [1.807, 2.05) is 24.3 Å². The Kier molecular flexibility index (Phi) is 2.74. The molecule has 0 bridgehead atoms. The van der Waals surface area contributed by atoms with Crippen LogP contribution in [-0.4, -0.2) is 47.5 Å². The number of carbonyl (C=O) groups is 1. The Hall–Kier alpha value is -1.95. The second-order valence-corrected chi connectivity index (χ2v) is 7.34. The first-order valence-corrected chi connectivity index (χ1v) is 8.50.